The van der Waals surface area contributed by atoms with Gasteiger partial charge in [-0.15, -0.1) is 28.1 Å². The standard InChI is InChI=1S/C19H21N5OS2/c1-5-10-24-16(15-8-6-12(2)7-9-15)22-23-19(24)27-14(4)17(25)21-18-20-13(3)11-26-18/h5-9,11,14H,1,10H2,2-4H3,(H,20,21,25)/t14-/m1/s1. The number of carbonyl (C=O) groups excluding carboxylic acids is 1. The molecule has 2 heterocycles. The van der Waals surface area contributed by atoms with Gasteiger partial charge in [-0.3, -0.25) is 9.36 Å². The summed E-state index contributed by atoms with van der Waals surface area (Å²) in [5.74, 6) is 0.653. The maximum atomic E-state index is 12.5. The van der Waals surface area contributed by atoms with Crippen molar-refractivity contribution in [3.05, 3.63) is 53.6 Å². The number of thioether (sulfide) groups is 1. The average Bonchev–Trinajstić information content (AvgIpc) is 3.22. The van der Waals surface area contributed by atoms with E-state index in [1.165, 1.54) is 28.7 Å². The van der Waals surface area contributed by atoms with E-state index in [1.54, 1.807) is 6.08 Å². The maximum absolute atomic E-state index is 12.5. The van der Waals surface area contributed by atoms with E-state index in [4.69, 9.17) is 0 Å². The highest BCUT2D eigenvalue weighted by Crippen LogP contribution is 2.28. The van der Waals surface area contributed by atoms with E-state index >= 15 is 0 Å². The Bertz CT molecular complexity index is 945. The number of anilines is 1. The first-order chi connectivity index (χ1) is 13.0. The molecule has 0 aliphatic rings. The first kappa shape index (κ1) is 19.3. The average molecular weight is 400 g/mol. The summed E-state index contributed by atoms with van der Waals surface area (Å²) in [4.78, 5) is 16.7. The molecule has 3 rings (SSSR count). The van der Waals surface area contributed by atoms with E-state index in [9.17, 15) is 4.79 Å². The number of aromatic nitrogens is 4. The summed E-state index contributed by atoms with van der Waals surface area (Å²) >= 11 is 2.79. The lowest BCUT2D eigenvalue weighted by atomic mass is 10.1. The van der Waals surface area contributed by atoms with Gasteiger partial charge >= 0.3 is 0 Å². The molecule has 0 saturated carbocycles. The van der Waals surface area contributed by atoms with E-state index in [1.807, 2.05) is 55.0 Å². The van der Waals surface area contributed by atoms with Crippen molar-refractivity contribution in [3.63, 3.8) is 0 Å². The summed E-state index contributed by atoms with van der Waals surface area (Å²) in [5.41, 5.74) is 3.06. The lowest BCUT2D eigenvalue weighted by Gasteiger charge is -2.12. The number of allylic oxidation sites excluding steroid dienone is 1. The predicted octanol–water partition coefficient (Wildman–Crippen LogP) is 4.32. The number of amides is 1. The fourth-order valence-electron chi connectivity index (χ4n) is 2.42. The Morgan fingerprint density at radius 2 is 2.07 bits per heavy atom. The number of aryl methyl sites for hydroxylation is 2. The Kier molecular flexibility index (Phi) is 6.08. The number of hydrogen-bond donors (Lipinski definition) is 1. The van der Waals surface area contributed by atoms with E-state index in [0.29, 0.717) is 16.8 Å². The van der Waals surface area contributed by atoms with Gasteiger partial charge in [0.15, 0.2) is 16.1 Å². The minimum absolute atomic E-state index is 0.112. The molecule has 1 aromatic carbocycles. The summed E-state index contributed by atoms with van der Waals surface area (Å²) in [6.45, 7) is 10.2. The Hall–Kier alpha value is -2.45. The summed E-state index contributed by atoms with van der Waals surface area (Å²) in [7, 11) is 0. The van der Waals surface area contributed by atoms with Gasteiger partial charge in [-0.05, 0) is 20.8 Å². The summed E-state index contributed by atoms with van der Waals surface area (Å²) < 4.78 is 1.97. The molecule has 140 valence electrons. The molecule has 0 aliphatic heterocycles. The number of rotatable bonds is 7. The number of hydrogen-bond acceptors (Lipinski definition) is 6. The third kappa shape index (κ3) is 4.64. The van der Waals surface area contributed by atoms with Gasteiger partial charge in [-0.2, -0.15) is 0 Å². The topological polar surface area (TPSA) is 72.7 Å². The van der Waals surface area contributed by atoms with Gasteiger partial charge in [0.2, 0.25) is 5.91 Å². The molecule has 1 N–H and O–H groups in total. The van der Waals surface area contributed by atoms with E-state index in [-0.39, 0.29) is 11.2 Å². The van der Waals surface area contributed by atoms with Crippen LogP contribution < -0.4 is 5.32 Å². The van der Waals surface area contributed by atoms with Gasteiger partial charge in [0, 0.05) is 17.5 Å². The van der Waals surface area contributed by atoms with Crippen LogP contribution in [0.1, 0.15) is 18.2 Å². The second-order valence-corrected chi connectivity index (χ2v) is 8.28. The molecule has 2 aromatic heterocycles. The molecule has 0 unspecified atom stereocenters. The Morgan fingerprint density at radius 1 is 1.33 bits per heavy atom. The number of nitrogens with zero attached hydrogens (tertiary/aromatic N) is 4. The van der Waals surface area contributed by atoms with E-state index in [0.717, 1.165) is 17.1 Å². The molecular formula is C19H21N5OS2. The number of nitrogens with one attached hydrogen (secondary N) is 1. The van der Waals surface area contributed by atoms with Crippen LogP contribution in [0.3, 0.4) is 0 Å². The van der Waals surface area contributed by atoms with E-state index in [2.05, 4.69) is 27.1 Å². The second-order valence-electron chi connectivity index (χ2n) is 6.11. The molecule has 3 aromatic rings. The molecule has 27 heavy (non-hydrogen) atoms. The van der Waals surface area contributed by atoms with Gasteiger partial charge < -0.3 is 5.32 Å². The first-order valence-corrected chi connectivity index (χ1v) is 10.2. The Morgan fingerprint density at radius 3 is 2.70 bits per heavy atom. The van der Waals surface area contributed by atoms with Gasteiger partial charge in [0.25, 0.3) is 0 Å². The van der Waals surface area contributed by atoms with E-state index < -0.39 is 0 Å². The van der Waals surface area contributed by atoms with Crippen LogP contribution in [0.2, 0.25) is 0 Å². The van der Waals surface area contributed by atoms with Crippen molar-refractivity contribution in [1.29, 1.82) is 0 Å². The van der Waals surface area contributed by atoms with Crippen LogP contribution in [0.15, 0.2) is 47.5 Å². The Labute approximate surface area is 166 Å². The number of benzene rings is 1. The highest BCUT2D eigenvalue weighted by molar-refractivity contribution is 8.00. The van der Waals surface area contributed by atoms with Gasteiger partial charge in [-0.1, -0.05) is 47.7 Å². The van der Waals surface area contributed by atoms with Crippen molar-refractivity contribution in [2.75, 3.05) is 5.32 Å². The molecule has 0 aliphatic carbocycles. The summed E-state index contributed by atoms with van der Waals surface area (Å²) in [6.07, 6.45) is 1.80. The summed E-state index contributed by atoms with van der Waals surface area (Å²) in [6, 6.07) is 8.13. The zero-order valence-corrected chi connectivity index (χ0v) is 17.1. The van der Waals surface area contributed by atoms with Crippen molar-refractivity contribution in [3.8, 4) is 11.4 Å². The van der Waals surface area contributed by atoms with Crippen molar-refractivity contribution in [2.45, 2.75) is 37.7 Å². The van der Waals surface area contributed by atoms with Crippen molar-refractivity contribution >= 4 is 34.1 Å². The third-order valence-corrected chi connectivity index (χ3v) is 5.79. The molecule has 1 atom stereocenters. The molecular weight excluding hydrogens is 378 g/mol. The van der Waals surface area contributed by atoms with Gasteiger partial charge in [0.1, 0.15) is 0 Å². The minimum atomic E-state index is -0.340. The van der Waals surface area contributed by atoms with Crippen LogP contribution in [-0.4, -0.2) is 30.9 Å². The zero-order valence-electron chi connectivity index (χ0n) is 15.5. The number of thiazole rings is 1. The largest absolute Gasteiger partial charge is 0.301 e. The van der Waals surface area contributed by atoms with Crippen LogP contribution >= 0.6 is 23.1 Å². The van der Waals surface area contributed by atoms with Gasteiger partial charge in [0.05, 0.1) is 10.9 Å². The fraction of sp³-hybridized carbons (Fsp3) is 0.263. The SMILES string of the molecule is C=CCn1c(S[C@H](C)C(=O)Nc2nc(C)cs2)nnc1-c1ccc(C)cc1. The molecule has 1 amide bonds. The van der Waals surface area contributed by atoms with Crippen LogP contribution in [0.5, 0.6) is 0 Å². The summed E-state index contributed by atoms with van der Waals surface area (Å²) in [5, 5.41) is 14.3. The lowest BCUT2D eigenvalue weighted by molar-refractivity contribution is -0.115. The second kappa shape index (κ2) is 8.49. The Balaban J connectivity index is 1.78. The lowest BCUT2D eigenvalue weighted by Crippen LogP contribution is -2.22. The normalized spacial score (nSPS) is 12.0. The molecule has 6 nitrogen and oxygen atoms in total. The number of carbonyl (C=O) groups is 1. The van der Waals surface area contributed by atoms with Crippen LogP contribution in [-0.2, 0) is 11.3 Å². The van der Waals surface area contributed by atoms with Crippen LogP contribution in [0.4, 0.5) is 5.13 Å². The van der Waals surface area contributed by atoms with Crippen molar-refractivity contribution in [2.24, 2.45) is 0 Å². The molecule has 8 heteroatoms. The molecule has 0 saturated heterocycles. The van der Waals surface area contributed by atoms with Crippen LogP contribution in [0.25, 0.3) is 11.4 Å². The third-order valence-electron chi connectivity index (χ3n) is 3.84. The first-order valence-electron chi connectivity index (χ1n) is 8.48. The monoisotopic (exact) mass is 399 g/mol. The molecule has 0 bridgehead atoms. The van der Waals surface area contributed by atoms with Crippen LogP contribution in [0, 0.1) is 13.8 Å². The quantitative estimate of drug-likeness (QED) is 0.473. The van der Waals surface area contributed by atoms with Gasteiger partial charge in [-0.25, -0.2) is 4.98 Å². The highest BCUT2D eigenvalue weighted by atomic mass is 32.2. The fourth-order valence-corrected chi connectivity index (χ4v) is 3.97. The van der Waals surface area contributed by atoms with Crippen molar-refractivity contribution in [1.82, 2.24) is 19.7 Å². The van der Waals surface area contributed by atoms with Crippen molar-refractivity contribution < 1.29 is 4.79 Å². The smallest absolute Gasteiger partial charge is 0.239 e. The predicted molar refractivity (Wildman–Crippen MR) is 111 cm³/mol. The minimum Gasteiger partial charge on any atom is -0.301 e. The molecule has 0 spiro atoms. The highest BCUT2D eigenvalue weighted by Gasteiger charge is 2.21. The zero-order chi connectivity index (χ0) is 19.4. The molecule has 0 fully saturated rings. The molecule has 0 radical (unpaired) electrons. The maximum Gasteiger partial charge on any atom is 0.239 e.